The molecule has 0 saturated heterocycles. The van der Waals surface area contributed by atoms with E-state index in [1.165, 1.54) is 33.5 Å². The van der Waals surface area contributed by atoms with Crippen LogP contribution in [0.2, 0.25) is 0 Å². The largest absolute Gasteiger partial charge is 0.494 e. The van der Waals surface area contributed by atoms with Gasteiger partial charge >= 0.3 is 0 Å². The average Bonchev–Trinajstić information content (AvgIpc) is 2.71. The zero-order valence-electron chi connectivity index (χ0n) is 16.9. The molecular weight excluding hydrogens is 398 g/mol. The SMILES string of the molecule is CCOc1ccc(S(=O)(=O)NC(=O)CCc2cc(OC)c(OC)c(OC)c2)cc1. The van der Waals surface area contributed by atoms with E-state index in [4.69, 9.17) is 18.9 Å². The molecule has 0 bridgehead atoms. The summed E-state index contributed by atoms with van der Waals surface area (Å²) in [5.41, 5.74) is 0.744. The Bertz CT molecular complexity index is 915. The van der Waals surface area contributed by atoms with E-state index in [9.17, 15) is 13.2 Å². The molecule has 0 aromatic heterocycles. The Morgan fingerprint density at radius 1 is 0.966 bits per heavy atom. The lowest BCUT2D eigenvalue weighted by molar-refractivity contribution is -0.119. The predicted molar refractivity (Wildman–Crippen MR) is 107 cm³/mol. The Morgan fingerprint density at radius 2 is 1.55 bits per heavy atom. The van der Waals surface area contributed by atoms with Crippen LogP contribution in [0, 0.1) is 0 Å². The highest BCUT2D eigenvalue weighted by Crippen LogP contribution is 2.38. The second kappa shape index (κ2) is 10.0. The number of ether oxygens (including phenoxy) is 4. The molecule has 2 aromatic rings. The lowest BCUT2D eigenvalue weighted by atomic mass is 10.1. The Kier molecular flexibility index (Phi) is 7.72. The van der Waals surface area contributed by atoms with Crippen molar-refractivity contribution in [2.75, 3.05) is 27.9 Å². The summed E-state index contributed by atoms with van der Waals surface area (Å²) in [7, 11) is 0.537. The normalized spacial score (nSPS) is 10.9. The second-order valence-electron chi connectivity index (χ2n) is 5.97. The minimum Gasteiger partial charge on any atom is -0.494 e. The average molecular weight is 423 g/mol. The van der Waals surface area contributed by atoms with Gasteiger partial charge in [0.1, 0.15) is 5.75 Å². The van der Waals surface area contributed by atoms with Crippen molar-refractivity contribution in [1.82, 2.24) is 4.72 Å². The van der Waals surface area contributed by atoms with Gasteiger partial charge in [0, 0.05) is 6.42 Å². The molecule has 0 aliphatic heterocycles. The monoisotopic (exact) mass is 423 g/mol. The van der Waals surface area contributed by atoms with Gasteiger partial charge in [0.2, 0.25) is 11.7 Å². The summed E-state index contributed by atoms with van der Waals surface area (Å²) in [6.45, 7) is 2.31. The van der Waals surface area contributed by atoms with Gasteiger partial charge in [-0.3, -0.25) is 4.79 Å². The highest BCUT2D eigenvalue weighted by Gasteiger charge is 2.19. The Hall–Kier alpha value is -2.94. The van der Waals surface area contributed by atoms with Crippen LogP contribution in [0.1, 0.15) is 18.9 Å². The maximum absolute atomic E-state index is 12.4. The fourth-order valence-corrected chi connectivity index (χ4v) is 3.69. The summed E-state index contributed by atoms with van der Waals surface area (Å²) < 4.78 is 47.9. The molecule has 2 aromatic carbocycles. The van der Waals surface area contributed by atoms with Crippen LogP contribution in [-0.4, -0.2) is 42.3 Å². The first kappa shape index (κ1) is 22.4. The van der Waals surface area contributed by atoms with Crippen LogP contribution in [-0.2, 0) is 21.2 Å². The van der Waals surface area contributed by atoms with Crippen molar-refractivity contribution in [2.24, 2.45) is 0 Å². The van der Waals surface area contributed by atoms with Crippen LogP contribution in [0.4, 0.5) is 0 Å². The van der Waals surface area contributed by atoms with E-state index >= 15 is 0 Å². The number of carbonyl (C=O) groups is 1. The zero-order valence-corrected chi connectivity index (χ0v) is 17.7. The van der Waals surface area contributed by atoms with E-state index in [1.54, 1.807) is 24.3 Å². The number of nitrogens with one attached hydrogen (secondary N) is 1. The number of benzene rings is 2. The van der Waals surface area contributed by atoms with Gasteiger partial charge in [-0.1, -0.05) is 0 Å². The molecule has 1 amide bonds. The molecule has 0 aliphatic rings. The molecule has 0 fully saturated rings. The molecule has 8 nitrogen and oxygen atoms in total. The van der Waals surface area contributed by atoms with E-state index < -0.39 is 15.9 Å². The van der Waals surface area contributed by atoms with Crippen molar-refractivity contribution >= 4 is 15.9 Å². The number of aryl methyl sites for hydroxylation is 1. The number of methoxy groups -OCH3 is 3. The molecule has 0 heterocycles. The van der Waals surface area contributed by atoms with Crippen molar-refractivity contribution in [3.05, 3.63) is 42.0 Å². The topological polar surface area (TPSA) is 100 Å². The third-order valence-electron chi connectivity index (χ3n) is 4.06. The van der Waals surface area contributed by atoms with Crippen molar-refractivity contribution in [2.45, 2.75) is 24.7 Å². The minimum absolute atomic E-state index is 0.0120. The first-order chi connectivity index (χ1) is 13.8. The maximum atomic E-state index is 12.4. The van der Waals surface area contributed by atoms with Crippen molar-refractivity contribution < 1.29 is 32.2 Å². The maximum Gasteiger partial charge on any atom is 0.264 e. The van der Waals surface area contributed by atoms with Crippen LogP contribution < -0.4 is 23.7 Å². The van der Waals surface area contributed by atoms with Gasteiger partial charge < -0.3 is 18.9 Å². The van der Waals surface area contributed by atoms with Crippen molar-refractivity contribution in [3.8, 4) is 23.0 Å². The number of amides is 1. The molecule has 0 atom stereocenters. The van der Waals surface area contributed by atoms with Crippen LogP contribution >= 0.6 is 0 Å². The fourth-order valence-electron chi connectivity index (χ4n) is 2.68. The second-order valence-corrected chi connectivity index (χ2v) is 7.65. The minimum atomic E-state index is -3.96. The number of carbonyl (C=O) groups excluding carboxylic acids is 1. The van der Waals surface area contributed by atoms with Gasteiger partial charge in [-0.15, -0.1) is 0 Å². The summed E-state index contributed by atoms with van der Waals surface area (Å²) in [5, 5.41) is 0. The quantitative estimate of drug-likeness (QED) is 0.627. The summed E-state index contributed by atoms with van der Waals surface area (Å²) in [4.78, 5) is 12.2. The first-order valence-corrected chi connectivity index (χ1v) is 10.4. The van der Waals surface area contributed by atoms with Gasteiger partial charge in [-0.05, 0) is 55.3 Å². The lowest BCUT2D eigenvalue weighted by Gasteiger charge is -2.14. The van der Waals surface area contributed by atoms with E-state index in [1.807, 2.05) is 6.92 Å². The molecule has 1 N–H and O–H groups in total. The molecular formula is C20H25NO7S. The predicted octanol–water partition coefficient (Wildman–Crippen LogP) is 2.55. The van der Waals surface area contributed by atoms with Gasteiger partial charge in [-0.25, -0.2) is 13.1 Å². The number of sulfonamides is 1. The van der Waals surface area contributed by atoms with Crippen molar-refractivity contribution in [1.29, 1.82) is 0 Å². The van der Waals surface area contributed by atoms with E-state index in [0.29, 0.717) is 36.0 Å². The van der Waals surface area contributed by atoms with Crippen LogP contribution in [0.3, 0.4) is 0 Å². The molecule has 158 valence electrons. The van der Waals surface area contributed by atoms with Crippen LogP contribution in [0.15, 0.2) is 41.3 Å². The Balaban J connectivity index is 2.05. The summed E-state index contributed by atoms with van der Waals surface area (Å²) >= 11 is 0. The number of hydrogen-bond acceptors (Lipinski definition) is 7. The standard InChI is InChI=1S/C20H25NO7S/c1-5-28-15-7-9-16(10-8-15)29(23,24)21-19(22)11-6-14-12-17(25-2)20(27-4)18(13-14)26-3/h7-10,12-13H,5-6,11H2,1-4H3,(H,21,22). The molecule has 0 unspecified atom stereocenters. The number of hydrogen-bond donors (Lipinski definition) is 1. The third-order valence-corrected chi connectivity index (χ3v) is 5.45. The Labute approximate surface area is 170 Å². The van der Waals surface area contributed by atoms with Crippen LogP contribution in [0.25, 0.3) is 0 Å². The van der Waals surface area contributed by atoms with Crippen LogP contribution in [0.5, 0.6) is 23.0 Å². The Morgan fingerprint density at radius 3 is 2.03 bits per heavy atom. The van der Waals surface area contributed by atoms with E-state index in [0.717, 1.165) is 5.56 Å². The van der Waals surface area contributed by atoms with E-state index in [2.05, 4.69) is 4.72 Å². The van der Waals surface area contributed by atoms with E-state index in [-0.39, 0.29) is 11.3 Å². The molecule has 2 rings (SSSR count). The highest BCUT2D eigenvalue weighted by molar-refractivity contribution is 7.90. The summed E-state index contributed by atoms with van der Waals surface area (Å²) in [5.74, 6) is 1.31. The van der Waals surface area contributed by atoms with Gasteiger partial charge in [0.15, 0.2) is 11.5 Å². The van der Waals surface area contributed by atoms with Gasteiger partial charge in [0.05, 0.1) is 32.8 Å². The first-order valence-electron chi connectivity index (χ1n) is 8.92. The van der Waals surface area contributed by atoms with Crippen molar-refractivity contribution in [3.63, 3.8) is 0 Å². The molecule has 0 saturated carbocycles. The molecule has 0 aliphatic carbocycles. The lowest BCUT2D eigenvalue weighted by Crippen LogP contribution is -2.30. The van der Waals surface area contributed by atoms with Gasteiger partial charge in [0.25, 0.3) is 10.0 Å². The highest BCUT2D eigenvalue weighted by atomic mass is 32.2. The van der Waals surface area contributed by atoms with Gasteiger partial charge in [-0.2, -0.15) is 0 Å². The smallest absolute Gasteiger partial charge is 0.264 e. The molecule has 9 heteroatoms. The molecule has 0 spiro atoms. The molecule has 0 radical (unpaired) electrons. The number of rotatable bonds is 10. The third kappa shape index (κ3) is 5.77. The fraction of sp³-hybridized carbons (Fsp3) is 0.350. The zero-order chi connectivity index (χ0) is 21.4. The summed E-state index contributed by atoms with van der Waals surface area (Å²) in [6, 6.07) is 9.29. The summed E-state index contributed by atoms with van der Waals surface area (Å²) in [6.07, 6.45) is 0.260. The molecule has 29 heavy (non-hydrogen) atoms.